The van der Waals surface area contributed by atoms with Crippen LogP contribution in [0.2, 0.25) is 0 Å². The Morgan fingerprint density at radius 1 is 1.00 bits per heavy atom. The molecule has 8 heteroatoms. The minimum absolute atomic E-state index is 0.191. The second-order valence-corrected chi connectivity index (χ2v) is 5.56. The number of carbonyl (C=O) groups excluding carboxylic acids is 2. The number of nitrogens with one attached hydrogen (secondary N) is 2. The molecule has 0 aromatic carbocycles. The third kappa shape index (κ3) is 6.21. The molecule has 0 rings (SSSR count). The molecule has 0 aliphatic rings. The first kappa shape index (κ1) is 15.6. The zero-order valence-corrected chi connectivity index (χ0v) is 11.0. The van der Waals surface area contributed by atoms with Crippen molar-refractivity contribution in [3.8, 4) is 0 Å². The second kappa shape index (κ2) is 8.68. The van der Waals surface area contributed by atoms with E-state index in [1.807, 2.05) is 0 Å². The fourth-order valence-electron chi connectivity index (χ4n) is 0.765. The van der Waals surface area contributed by atoms with Crippen LogP contribution in [0.25, 0.3) is 0 Å². The number of likely N-dealkylation sites (N-methyl/N-ethyl adjacent to an activating group) is 2. The van der Waals surface area contributed by atoms with Gasteiger partial charge in [-0.2, -0.15) is 0 Å². The third-order valence-electron chi connectivity index (χ3n) is 1.74. The van der Waals surface area contributed by atoms with E-state index in [9.17, 15) is 9.59 Å². The molecule has 0 radical (unpaired) electrons. The predicted octanol–water partition coefficient (Wildman–Crippen LogP) is -1.49. The van der Waals surface area contributed by atoms with Gasteiger partial charge < -0.3 is 22.1 Å². The first-order valence-corrected chi connectivity index (χ1v) is 7.20. The molecule has 94 valence electrons. The summed E-state index contributed by atoms with van der Waals surface area (Å²) in [7, 11) is 5.95. The maximum absolute atomic E-state index is 11.0. The molecular formula is C8H18N4O2S2. The summed E-state index contributed by atoms with van der Waals surface area (Å²) in [5.41, 5.74) is 11.1. The van der Waals surface area contributed by atoms with Gasteiger partial charge in [0.25, 0.3) is 0 Å². The average molecular weight is 266 g/mol. The van der Waals surface area contributed by atoms with Crippen LogP contribution in [0.5, 0.6) is 0 Å². The van der Waals surface area contributed by atoms with Gasteiger partial charge >= 0.3 is 0 Å². The monoisotopic (exact) mass is 266 g/mol. The molecule has 0 aliphatic heterocycles. The highest BCUT2D eigenvalue weighted by molar-refractivity contribution is 8.76. The van der Waals surface area contributed by atoms with Crippen molar-refractivity contribution in [3.63, 3.8) is 0 Å². The summed E-state index contributed by atoms with van der Waals surface area (Å²) in [6.45, 7) is 0. The van der Waals surface area contributed by atoms with Crippen molar-refractivity contribution in [2.75, 3.05) is 25.6 Å². The third-order valence-corrected chi connectivity index (χ3v) is 4.22. The molecule has 16 heavy (non-hydrogen) atoms. The highest BCUT2D eigenvalue weighted by Gasteiger charge is 2.14. The van der Waals surface area contributed by atoms with Gasteiger partial charge in [0.05, 0.1) is 12.1 Å². The highest BCUT2D eigenvalue weighted by atomic mass is 33.1. The Hall–Kier alpha value is -0.440. The lowest BCUT2D eigenvalue weighted by atomic mass is 10.3. The largest absolute Gasteiger partial charge is 0.358 e. The van der Waals surface area contributed by atoms with E-state index in [1.54, 1.807) is 14.1 Å². The van der Waals surface area contributed by atoms with Gasteiger partial charge in [0.15, 0.2) is 0 Å². The quantitative estimate of drug-likeness (QED) is 0.330. The van der Waals surface area contributed by atoms with Crippen LogP contribution in [-0.4, -0.2) is 49.5 Å². The van der Waals surface area contributed by atoms with E-state index >= 15 is 0 Å². The van der Waals surface area contributed by atoms with Gasteiger partial charge in [0.1, 0.15) is 0 Å². The van der Waals surface area contributed by atoms with Crippen LogP contribution >= 0.6 is 21.6 Å². The van der Waals surface area contributed by atoms with Gasteiger partial charge in [-0.1, -0.05) is 21.6 Å². The van der Waals surface area contributed by atoms with Crippen LogP contribution in [0.15, 0.2) is 0 Å². The Balaban J connectivity index is 3.60. The van der Waals surface area contributed by atoms with Crippen LogP contribution in [0, 0.1) is 0 Å². The molecule has 2 amide bonds. The Bertz CT molecular complexity index is 216. The summed E-state index contributed by atoms with van der Waals surface area (Å²) in [5.74, 6) is 0.600. The van der Waals surface area contributed by atoms with Gasteiger partial charge in [-0.3, -0.25) is 9.59 Å². The van der Waals surface area contributed by atoms with Crippen LogP contribution in [0.1, 0.15) is 0 Å². The van der Waals surface area contributed by atoms with E-state index < -0.39 is 12.1 Å². The van der Waals surface area contributed by atoms with Crippen LogP contribution < -0.4 is 22.1 Å². The number of hydrogen-bond acceptors (Lipinski definition) is 6. The molecule has 0 aromatic rings. The summed E-state index contributed by atoms with van der Waals surface area (Å²) in [5, 5.41) is 4.93. The van der Waals surface area contributed by atoms with Crippen molar-refractivity contribution in [3.05, 3.63) is 0 Å². The standard InChI is InChI=1S/C8H18N4O2S2/c1-11-7(13)5(9)3-15-16-4-6(10)8(14)12-2/h5-6H,3-4,9-10H2,1-2H3,(H,11,13)(H,12,14). The van der Waals surface area contributed by atoms with Crippen LogP contribution in [0.3, 0.4) is 0 Å². The molecule has 0 heterocycles. The zero-order valence-electron chi connectivity index (χ0n) is 9.36. The number of rotatable bonds is 7. The molecule has 0 aromatic heterocycles. The van der Waals surface area contributed by atoms with Crippen molar-refractivity contribution in [2.24, 2.45) is 11.5 Å². The van der Waals surface area contributed by atoms with Crippen molar-refractivity contribution in [1.82, 2.24) is 10.6 Å². The molecule has 0 saturated carbocycles. The predicted molar refractivity (Wildman–Crippen MR) is 69.0 cm³/mol. The Morgan fingerprint density at radius 3 is 1.56 bits per heavy atom. The van der Waals surface area contributed by atoms with Crippen LogP contribution in [0.4, 0.5) is 0 Å². The molecule has 0 fully saturated rings. The maximum Gasteiger partial charge on any atom is 0.237 e. The Morgan fingerprint density at radius 2 is 1.31 bits per heavy atom. The summed E-state index contributed by atoms with van der Waals surface area (Å²) < 4.78 is 0. The minimum Gasteiger partial charge on any atom is -0.358 e. The summed E-state index contributed by atoms with van der Waals surface area (Å²) in [6.07, 6.45) is 0. The normalized spacial score (nSPS) is 14.0. The summed E-state index contributed by atoms with van der Waals surface area (Å²) in [4.78, 5) is 22.1. The molecule has 2 unspecified atom stereocenters. The summed E-state index contributed by atoms with van der Waals surface area (Å²) >= 11 is 0. The van der Waals surface area contributed by atoms with Crippen LogP contribution in [-0.2, 0) is 9.59 Å². The van der Waals surface area contributed by atoms with Crippen molar-refractivity contribution >= 4 is 33.4 Å². The molecule has 0 saturated heterocycles. The van der Waals surface area contributed by atoms with Crippen molar-refractivity contribution in [2.45, 2.75) is 12.1 Å². The molecular weight excluding hydrogens is 248 g/mol. The molecule has 0 aliphatic carbocycles. The number of amides is 2. The molecule has 0 bridgehead atoms. The highest BCUT2D eigenvalue weighted by Crippen LogP contribution is 2.22. The molecule has 6 N–H and O–H groups in total. The van der Waals surface area contributed by atoms with E-state index in [0.717, 1.165) is 0 Å². The fourth-order valence-corrected chi connectivity index (χ4v) is 3.01. The van der Waals surface area contributed by atoms with E-state index in [1.165, 1.54) is 21.6 Å². The molecule has 2 atom stereocenters. The van der Waals surface area contributed by atoms with E-state index in [-0.39, 0.29) is 11.8 Å². The van der Waals surface area contributed by atoms with Crippen molar-refractivity contribution < 1.29 is 9.59 Å². The second-order valence-electron chi connectivity index (χ2n) is 3.01. The van der Waals surface area contributed by atoms with Gasteiger partial charge in [-0.25, -0.2) is 0 Å². The SMILES string of the molecule is CNC(=O)C(N)CSSCC(N)C(=O)NC. The smallest absolute Gasteiger partial charge is 0.237 e. The summed E-state index contributed by atoms with van der Waals surface area (Å²) in [6, 6.07) is -1.06. The van der Waals surface area contributed by atoms with E-state index in [2.05, 4.69) is 10.6 Å². The molecule has 0 spiro atoms. The fraction of sp³-hybridized carbons (Fsp3) is 0.750. The number of nitrogens with two attached hydrogens (primary N) is 2. The lowest BCUT2D eigenvalue weighted by molar-refractivity contribution is -0.122. The lowest BCUT2D eigenvalue weighted by Gasteiger charge is -2.11. The minimum atomic E-state index is -0.529. The van der Waals surface area contributed by atoms with Gasteiger partial charge in [-0.05, 0) is 0 Å². The van der Waals surface area contributed by atoms with Gasteiger partial charge in [0, 0.05) is 25.6 Å². The lowest BCUT2D eigenvalue weighted by Crippen LogP contribution is -2.41. The zero-order chi connectivity index (χ0) is 12.6. The van der Waals surface area contributed by atoms with Gasteiger partial charge in [0.2, 0.25) is 11.8 Å². The topological polar surface area (TPSA) is 110 Å². The average Bonchev–Trinajstić information content (AvgIpc) is 2.31. The number of hydrogen-bond donors (Lipinski definition) is 4. The Kier molecular flexibility index (Phi) is 8.44. The maximum atomic E-state index is 11.0. The van der Waals surface area contributed by atoms with Gasteiger partial charge in [-0.15, -0.1) is 0 Å². The van der Waals surface area contributed by atoms with E-state index in [4.69, 9.17) is 11.5 Å². The van der Waals surface area contributed by atoms with Crippen molar-refractivity contribution in [1.29, 1.82) is 0 Å². The van der Waals surface area contributed by atoms with E-state index in [0.29, 0.717) is 11.5 Å². The first-order chi connectivity index (χ1) is 7.52. The first-order valence-electron chi connectivity index (χ1n) is 4.71. The number of carbonyl (C=O) groups is 2. The molecule has 6 nitrogen and oxygen atoms in total. The Labute approximate surface area is 103 Å².